The third-order valence-electron chi connectivity index (χ3n) is 2.62. The summed E-state index contributed by atoms with van der Waals surface area (Å²) in [5, 5.41) is 3.89. The van der Waals surface area contributed by atoms with Crippen LogP contribution in [0, 0.1) is 0 Å². The van der Waals surface area contributed by atoms with Gasteiger partial charge in [0.05, 0.1) is 0 Å². The topological polar surface area (TPSA) is 77.0 Å². The molecule has 6 nitrogen and oxygen atoms in total. The number of aromatic nitrogens is 3. The van der Waals surface area contributed by atoms with E-state index in [0.717, 1.165) is 12.2 Å². The molecule has 0 fully saturated rings. The predicted molar refractivity (Wildman–Crippen MR) is 69.7 cm³/mol. The Balaban J connectivity index is 2.56. The van der Waals surface area contributed by atoms with E-state index in [1.807, 2.05) is 13.3 Å². The second kappa shape index (κ2) is 6.48. The van der Waals surface area contributed by atoms with Crippen molar-refractivity contribution in [3.63, 3.8) is 0 Å². The average molecular weight is 257 g/mol. The van der Waals surface area contributed by atoms with E-state index < -0.39 is 0 Å². The molecule has 1 heterocycles. The zero-order valence-corrected chi connectivity index (χ0v) is 11.3. The average Bonchev–Trinajstić information content (AvgIpc) is 2.70. The van der Waals surface area contributed by atoms with Crippen LogP contribution in [0.4, 0.5) is 5.95 Å². The number of nitrogen functional groups attached to an aromatic ring is 1. The van der Waals surface area contributed by atoms with Gasteiger partial charge in [0, 0.05) is 18.8 Å². The number of nitrogens with two attached hydrogens (primary N) is 1. The van der Waals surface area contributed by atoms with E-state index in [1.165, 1.54) is 11.0 Å². The number of hydrogen-bond donors (Lipinski definition) is 1. The van der Waals surface area contributed by atoms with Crippen molar-refractivity contribution in [3.8, 4) is 0 Å². The predicted octanol–water partition coefficient (Wildman–Crippen LogP) is 0.460. The highest BCUT2D eigenvalue weighted by Gasteiger charge is 2.18. The van der Waals surface area contributed by atoms with Crippen LogP contribution in [0.1, 0.15) is 13.3 Å². The number of nitrogens with zero attached hydrogens (tertiary/aromatic N) is 4. The zero-order valence-electron chi connectivity index (χ0n) is 10.5. The molecule has 96 valence electrons. The normalized spacial score (nSPS) is 12.4. The molecule has 7 heteroatoms. The summed E-state index contributed by atoms with van der Waals surface area (Å²) in [5.41, 5.74) is 5.39. The molecule has 0 radical (unpaired) electrons. The van der Waals surface area contributed by atoms with Crippen LogP contribution in [-0.2, 0) is 11.3 Å². The molecule has 0 saturated carbocycles. The SMILES string of the molecule is CCC(CSC)N(C)C(=O)Cn1cnc(N)n1. The van der Waals surface area contributed by atoms with Crippen LogP contribution in [0.15, 0.2) is 6.33 Å². The van der Waals surface area contributed by atoms with Crippen molar-refractivity contribution in [1.82, 2.24) is 19.7 Å². The first-order chi connectivity index (χ1) is 8.08. The Morgan fingerprint density at radius 3 is 2.88 bits per heavy atom. The number of rotatable bonds is 6. The molecule has 0 spiro atoms. The molecule has 1 unspecified atom stereocenters. The largest absolute Gasteiger partial charge is 0.367 e. The molecule has 17 heavy (non-hydrogen) atoms. The summed E-state index contributed by atoms with van der Waals surface area (Å²) in [6, 6.07) is 0.262. The first-order valence-electron chi connectivity index (χ1n) is 5.48. The number of likely N-dealkylation sites (N-methyl/N-ethyl adjacent to an activating group) is 1. The van der Waals surface area contributed by atoms with Crippen molar-refractivity contribution in [3.05, 3.63) is 6.33 Å². The highest BCUT2D eigenvalue weighted by Crippen LogP contribution is 2.09. The summed E-state index contributed by atoms with van der Waals surface area (Å²) < 4.78 is 1.46. The summed E-state index contributed by atoms with van der Waals surface area (Å²) in [6.07, 6.45) is 4.46. The lowest BCUT2D eigenvalue weighted by Gasteiger charge is -2.26. The van der Waals surface area contributed by atoms with Gasteiger partial charge in [-0.2, -0.15) is 11.8 Å². The number of amides is 1. The molecule has 1 aromatic rings. The van der Waals surface area contributed by atoms with Crippen molar-refractivity contribution in [2.45, 2.75) is 25.9 Å². The fourth-order valence-electron chi connectivity index (χ4n) is 1.53. The molecule has 0 saturated heterocycles. The first-order valence-corrected chi connectivity index (χ1v) is 6.87. The van der Waals surface area contributed by atoms with Gasteiger partial charge in [-0.05, 0) is 12.7 Å². The Labute approximate surface area is 106 Å². The van der Waals surface area contributed by atoms with Gasteiger partial charge < -0.3 is 10.6 Å². The van der Waals surface area contributed by atoms with Crippen LogP contribution in [0.5, 0.6) is 0 Å². The standard InChI is InChI=1S/C10H19N5OS/c1-4-8(6-17-3)14(2)9(16)5-15-7-12-10(11)13-15/h7-8H,4-6H2,1-3H3,(H2,11,13). The van der Waals surface area contributed by atoms with Gasteiger partial charge in [0.2, 0.25) is 11.9 Å². The van der Waals surface area contributed by atoms with Gasteiger partial charge in [-0.25, -0.2) is 9.67 Å². The van der Waals surface area contributed by atoms with Gasteiger partial charge in [0.1, 0.15) is 12.9 Å². The van der Waals surface area contributed by atoms with Crippen LogP contribution in [0.2, 0.25) is 0 Å². The fourth-order valence-corrected chi connectivity index (χ4v) is 2.38. The Bertz CT molecular complexity index is 367. The molecule has 1 rings (SSSR count). The Hall–Kier alpha value is -1.24. The maximum absolute atomic E-state index is 12.0. The second-order valence-electron chi connectivity index (χ2n) is 3.82. The summed E-state index contributed by atoms with van der Waals surface area (Å²) in [7, 11) is 1.83. The number of anilines is 1. The number of carbonyl (C=O) groups is 1. The molecule has 0 aromatic carbocycles. The van der Waals surface area contributed by atoms with Crippen molar-refractivity contribution in [1.29, 1.82) is 0 Å². The van der Waals surface area contributed by atoms with Crippen LogP contribution < -0.4 is 5.73 Å². The number of thioether (sulfide) groups is 1. The Kier molecular flexibility index (Phi) is 5.27. The van der Waals surface area contributed by atoms with Crippen molar-refractivity contribution in [2.24, 2.45) is 0 Å². The van der Waals surface area contributed by atoms with Gasteiger partial charge in [-0.3, -0.25) is 4.79 Å². The number of carbonyl (C=O) groups excluding carboxylic acids is 1. The van der Waals surface area contributed by atoms with Crippen LogP contribution in [0.25, 0.3) is 0 Å². The van der Waals surface area contributed by atoms with E-state index in [1.54, 1.807) is 16.7 Å². The summed E-state index contributed by atoms with van der Waals surface area (Å²) in [6.45, 7) is 2.27. The lowest BCUT2D eigenvalue weighted by Crippen LogP contribution is -2.40. The summed E-state index contributed by atoms with van der Waals surface area (Å²) in [5.74, 6) is 1.16. The van der Waals surface area contributed by atoms with Crippen LogP contribution in [-0.4, -0.2) is 50.7 Å². The Morgan fingerprint density at radius 1 is 1.71 bits per heavy atom. The highest BCUT2D eigenvalue weighted by atomic mass is 32.2. The van der Waals surface area contributed by atoms with E-state index in [-0.39, 0.29) is 24.4 Å². The molecule has 1 amide bonds. The van der Waals surface area contributed by atoms with Gasteiger partial charge in [-0.1, -0.05) is 6.92 Å². The van der Waals surface area contributed by atoms with Crippen molar-refractivity contribution >= 4 is 23.6 Å². The third kappa shape index (κ3) is 3.92. The molecule has 0 aliphatic rings. The lowest BCUT2D eigenvalue weighted by molar-refractivity contribution is -0.132. The van der Waals surface area contributed by atoms with E-state index >= 15 is 0 Å². The number of hydrogen-bond acceptors (Lipinski definition) is 5. The fraction of sp³-hybridized carbons (Fsp3) is 0.700. The van der Waals surface area contributed by atoms with E-state index in [2.05, 4.69) is 17.0 Å². The van der Waals surface area contributed by atoms with Crippen LogP contribution in [0.3, 0.4) is 0 Å². The van der Waals surface area contributed by atoms with Crippen LogP contribution >= 0.6 is 11.8 Å². The molecule has 0 aliphatic carbocycles. The van der Waals surface area contributed by atoms with Gasteiger partial charge in [0.25, 0.3) is 0 Å². The molecule has 0 bridgehead atoms. The molecular formula is C10H19N5OS. The lowest BCUT2D eigenvalue weighted by atomic mass is 10.2. The van der Waals surface area contributed by atoms with E-state index in [0.29, 0.717) is 0 Å². The maximum Gasteiger partial charge on any atom is 0.244 e. The monoisotopic (exact) mass is 257 g/mol. The zero-order chi connectivity index (χ0) is 12.8. The molecular weight excluding hydrogens is 238 g/mol. The van der Waals surface area contributed by atoms with Gasteiger partial charge >= 0.3 is 0 Å². The second-order valence-corrected chi connectivity index (χ2v) is 4.73. The summed E-state index contributed by atoms with van der Waals surface area (Å²) in [4.78, 5) is 17.5. The smallest absolute Gasteiger partial charge is 0.244 e. The molecule has 1 atom stereocenters. The third-order valence-corrected chi connectivity index (χ3v) is 3.34. The minimum atomic E-state index is 0.0239. The van der Waals surface area contributed by atoms with Crippen molar-refractivity contribution < 1.29 is 4.79 Å². The van der Waals surface area contributed by atoms with E-state index in [4.69, 9.17) is 5.73 Å². The highest BCUT2D eigenvalue weighted by molar-refractivity contribution is 7.98. The summed E-state index contributed by atoms with van der Waals surface area (Å²) >= 11 is 1.74. The van der Waals surface area contributed by atoms with Crippen molar-refractivity contribution in [2.75, 3.05) is 24.8 Å². The van der Waals surface area contributed by atoms with Gasteiger partial charge in [0.15, 0.2) is 0 Å². The minimum Gasteiger partial charge on any atom is -0.367 e. The maximum atomic E-state index is 12.0. The quantitative estimate of drug-likeness (QED) is 0.801. The minimum absolute atomic E-state index is 0.0239. The molecule has 1 aromatic heterocycles. The Morgan fingerprint density at radius 2 is 2.41 bits per heavy atom. The first kappa shape index (κ1) is 13.8. The van der Waals surface area contributed by atoms with E-state index in [9.17, 15) is 4.79 Å². The molecule has 0 aliphatic heterocycles. The van der Waals surface area contributed by atoms with Gasteiger partial charge in [-0.15, -0.1) is 5.10 Å². The molecule has 2 N–H and O–H groups in total.